The molecule has 2 aromatic rings. The number of phenols is 1. The van der Waals surface area contributed by atoms with Crippen LogP contribution >= 0.6 is 0 Å². The topological polar surface area (TPSA) is 80.9 Å². The highest BCUT2D eigenvalue weighted by Crippen LogP contribution is 2.27. The molecular weight excluding hydrogens is 322 g/mol. The molecule has 2 rings (SSSR count). The Hall–Kier alpha value is -2.73. The first kappa shape index (κ1) is 18.6. The number of carbonyl (C=O) groups excluding carboxylic acids is 1. The largest absolute Gasteiger partial charge is 0.504 e. The van der Waals surface area contributed by atoms with Crippen molar-refractivity contribution in [3.05, 3.63) is 53.5 Å². The van der Waals surface area contributed by atoms with Gasteiger partial charge in [0, 0.05) is 13.2 Å². The summed E-state index contributed by atoms with van der Waals surface area (Å²) < 4.78 is 16.0. The molecule has 134 valence electrons. The summed E-state index contributed by atoms with van der Waals surface area (Å²) in [6.45, 7) is 4.43. The molecule has 0 fully saturated rings. The lowest BCUT2D eigenvalue weighted by Crippen LogP contribution is -2.29. The number of aromatic hydroxyl groups is 1. The Bertz CT molecular complexity index is 735. The molecule has 0 aliphatic heterocycles. The Morgan fingerprint density at radius 2 is 2.16 bits per heavy atom. The third kappa shape index (κ3) is 5.39. The van der Waals surface area contributed by atoms with Gasteiger partial charge in [-0.1, -0.05) is 6.07 Å². The highest BCUT2D eigenvalue weighted by molar-refractivity contribution is 5.92. The standard InChI is InChI=1S/C19H23NO5/c1-4-24-18-11-14(6-8-16(18)21)7-10-19(22)20-15(12-23-3)17-9-5-13(2)25-17/h5-11,15,21H,4,12H2,1-3H3,(H,20,22). The van der Waals surface area contributed by atoms with E-state index in [1.165, 1.54) is 12.1 Å². The van der Waals surface area contributed by atoms with E-state index in [0.717, 1.165) is 11.3 Å². The first-order chi connectivity index (χ1) is 12.0. The van der Waals surface area contributed by atoms with Crippen molar-refractivity contribution in [3.8, 4) is 11.5 Å². The van der Waals surface area contributed by atoms with Crippen LogP contribution < -0.4 is 10.1 Å². The lowest BCUT2D eigenvalue weighted by Gasteiger charge is -2.14. The van der Waals surface area contributed by atoms with Crippen molar-refractivity contribution in [2.45, 2.75) is 19.9 Å². The van der Waals surface area contributed by atoms with E-state index < -0.39 is 0 Å². The number of ether oxygens (including phenoxy) is 2. The van der Waals surface area contributed by atoms with Crippen LogP contribution in [0.3, 0.4) is 0 Å². The predicted octanol–water partition coefficient (Wildman–Crippen LogP) is 3.21. The molecule has 6 heteroatoms. The first-order valence-electron chi connectivity index (χ1n) is 8.03. The summed E-state index contributed by atoms with van der Waals surface area (Å²) in [7, 11) is 1.57. The van der Waals surface area contributed by atoms with E-state index in [4.69, 9.17) is 13.9 Å². The van der Waals surface area contributed by atoms with Gasteiger partial charge in [-0.15, -0.1) is 0 Å². The number of benzene rings is 1. The zero-order valence-corrected chi connectivity index (χ0v) is 14.6. The van der Waals surface area contributed by atoms with Gasteiger partial charge in [-0.3, -0.25) is 4.79 Å². The van der Waals surface area contributed by atoms with Crippen LogP contribution in [0.15, 0.2) is 40.8 Å². The van der Waals surface area contributed by atoms with Crippen LogP contribution in [0.2, 0.25) is 0 Å². The molecule has 0 aliphatic carbocycles. The number of methoxy groups -OCH3 is 1. The number of hydrogen-bond donors (Lipinski definition) is 2. The molecule has 1 aromatic carbocycles. The van der Waals surface area contributed by atoms with Gasteiger partial charge in [0.05, 0.1) is 13.2 Å². The van der Waals surface area contributed by atoms with E-state index in [2.05, 4.69) is 5.32 Å². The molecule has 1 atom stereocenters. The van der Waals surface area contributed by atoms with Crippen molar-refractivity contribution < 1.29 is 23.8 Å². The summed E-state index contributed by atoms with van der Waals surface area (Å²) in [6.07, 6.45) is 3.06. The fourth-order valence-corrected chi connectivity index (χ4v) is 2.30. The Balaban J connectivity index is 2.04. The van der Waals surface area contributed by atoms with E-state index in [1.807, 2.05) is 26.0 Å². The van der Waals surface area contributed by atoms with E-state index in [-0.39, 0.29) is 17.7 Å². The van der Waals surface area contributed by atoms with Crippen molar-refractivity contribution in [1.29, 1.82) is 0 Å². The van der Waals surface area contributed by atoms with E-state index >= 15 is 0 Å². The highest BCUT2D eigenvalue weighted by atomic mass is 16.5. The summed E-state index contributed by atoms with van der Waals surface area (Å²) in [6, 6.07) is 8.19. The smallest absolute Gasteiger partial charge is 0.244 e. The van der Waals surface area contributed by atoms with Crippen LogP contribution in [0.1, 0.15) is 30.0 Å². The summed E-state index contributed by atoms with van der Waals surface area (Å²) >= 11 is 0. The normalized spacial score (nSPS) is 12.3. The summed E-state index contributed by atoms with van der Waals surface area (Å²) in [4.78, 5) is 12.2. The molecule has 6 nitrogen and oxygen atoms in total. The highest BCUT2D eigenvalue weighted by Gasteiger charge is 2.16. The minimum absolute atomic E-state index is 0.0665. The van der Waals surface area contributed by atoms with Gasteiger partial charge in [0.25, 0.3) is 0 Å². The number of phenolic OH excluding ortho intramolecular Hbond substituents is 1. The van der Waals surface area contributed by atoms with Gasteiger partial charge in [0.1, 0.15) is 17.6 Å². The van der Waals surface area contributed by atoms with Crippen molar-refractivity contribution in [2.24, 2.45) is 0 Å². The first-order valence-corrected chi connectivity index (χ1v) is 8.03. The molecule has 1 amide bonds. The lowest BCUT2D eigenvalue weighted by atomic mass is 10.2. The summed E-state index contributed by atoms with van der Waals surface area (Å²) in [5.41, 5.74) is 0.744. The fraction of sp³-hybridized carbons (Fsp3) is 0.316. The zero-order valence-electron chi connectivity index (χ0n) is 14.6. The maximum atomic E-state index is 12.2. The van der Waals surface area contributed by atoms with Crippen LogP contribution in [0.5, 0.6) is 11.5 Å². The molecule has 1 aromatic heterocycles. The minimum atomic E-state index is -0.366. The number of amides is 1. The van der Waals surface area contributed by atoms with Gasteiger partial charge < -0.3 is 24.3 Å². The van der Waals surface area contributed by atoms with Gasteiger partial charge in [0.2, 0.25) is 5.91 Å². The van der Waals surface area contributed by atoms with Crippen molar-refractivity contribution in [1.82, 2.24) is 5.32 Å². The van der Waals surface area contributed by atoms with Crippen molar-refractivity contribution in [3.63, 3.8) is 0 Å². The van der Waals surface area contributed by atoms with Gasteiger partial charge in [0.15, 0.2) is 11.5 Å². The Kier molecular flexibility index (Phi) is 6.65. The van der Waals surface area contributed by atoms with Crippen LogP contribution in [0, 0.1) is 6.92 Å². The van der Waals surface area contributed by atoms with E-state index in [0.29, 0.717) is 24.7 Å². The third-order valence-corrected chi connectivity index (χ3v) is 3.47. The lowest BCUT2D eigenvalue weighted by molar-refractivity contribution is -0.117. The van der Waals surface area contributed by atoms with Crippen molar-refractivity contribution >= 4 is 12.0 Å². The fourth-order valence-electron chi connectivity index (χ4n) is 2.30. The number of carbonyl (C=O) groups is 1. The number of nitrogens with one attached hydrogen (secondary N) is 1. The maximum Gasteiger partial charge on any atom is 0.244 e. The molecule has 0 aliphatic rings. The van der Waals surface area contributed by atoms with Crippen LogP contribution in [0.25, 0.3) is 6.08 Å². The average molecular weight is 345 g/mol. The SMILES string of the molecule is CCOc1cc(C=CC(=O)NC(COC)c2ccc(C)o2)ccc1O. The van der Waals surface area contributed by atoms with Gasteiger partial charge >= 0.3 is 0 Å². The molecule has 0 saturated heterocycles. The number of aryl methyl sites for hydroxylation is 1. The second kappa shape index (κ2) is 8.94. The van der Waals surface area contributed by atoms with Gasteiger partial charge in [-0.2, -0.15) is 0 Å². The van der Waals surface area contributed by atoms with E-state index in [1.54, 1.807) is 25.3 Å². The molecule has 2 N–H and O–H groups in total. The molecule has 0 bridgehead atoms. The maximum absolute atomic E-state index is 12.2. The number of furan rings is 1. The minimum Gasteiger partial charge on any atom is -0.504 e. The molecule has 25 heavy (non-hydrogen) atoms. The number of rotatable bonds is 8. The number of hydrogen-bond acceptors (Lipinski definition) is 5. The van der Waals surface area contributed by atoms with Crippen LogP contribution in [0.4, 0.5) is 0 Å². The average Bonchev–Trinajstić information content (AvgIpc) is 3.02. The molecule has 1 heterocycles. The van der Waals surface area contributed by atoms with Gasteiger partial charge in [-0.25, -0.2) is 0 Å². The van der Waals surface area contributed by atoms with E-state index in [9.17, 15) is 9.90 Å². The third-order valence-electron chi connectivity index (χ3n) is 3.47. The monoisotopic (exact) mass is 345 g/mol. The quantitative estimate of drug-likeness (QED) is 0.718. The molecule has 1 unspecified atom stereocenters. The van der Waals surface area contributed by atoms with Crippen LogP contribution in [-0.4, -0.2) is 31.3 Å². The van der Waals surface area contributed by atoms with Crippen LogP contribution in [-0.2, 0) is 9.53 Å². The molecule has 0 radical (unpaired) electrons. The van der Waals surface area contributed by atoms with Gasteiger partial charge in [-0.05, 0) is 49.8 Å². The molecule has 0 spiro atoms. The predicted molar refractivity (Wildman–Crippen MR) is 94.5 cm³/mol. The molecular formula is C19H23NO5. The molecule has 0 saturated carbocycles. The van der Waals surface area contributed by atoms with Crippen molar-refractivity contribution in [2.75, 3.05) is 20.3 Å². The second-order valence-corrected chi connectivity index (χ2v) is 5.46. The Morgan fingerprint density at radius 3 is 2.80 bits per heavy atom. The summed E-state index contributed by atoms with van der Waals surface area (Å²) in [5.74, 6) is 1.59. The summed E-state index contributed by atoms with van der Waals surface area (Å²) in [5, 5.41) is 12.5. The second-order valence-electron chi connectivity index (χ2n) is 5.46. The Labute approximate surface area is 147 Å². The Morgan fingerprint density at radius 1 is 1.36 bits per heavy atom. The zero-order chi connectivity index (χ0) is 18.2.